The number of carbonyl (C=O) groups excluding carboxylic acids is 2. The topological polar surface area (TPSA) is 101 Å². The van der Waals surface area contributed by atoms with E-state index in [-0.39, 0.29) is 12.5 Å². The summed E-state index contributed by atoms with van der Waals surface area (Å²) in [7, 11) is 0. The Morgan fingerprint density at radius 1 is 1.43 bits per heavy atom. The Hall–Kier alpha value is -1.14. The van der Waals surface area contributed by atoms with Crippen molar-refractivity contribution in [2.75, 3.05) is 26.2 Å². The van der Waals surface area contributed by atoms with E-state index in [4.69, 9.17) is 11.5 Å². The average Bonchev–Trinajstić information content (AvgIpc) is 2.10. The smallest absolute Gasteiger partial charge is 0.318 e. The molecular weight excluding hydrogens is 184 g/mol. The quantitative estimate of drug-likeness (QED) is 0.506. The third-order valence-electron chi connectivity index (χ3n) is 1.76. The second-order valence-corrected chi connectivity index (χ2v) is 2.92. The minimum Gasteiger partial charge on any atom is -0.351 e. The minimum absolute atomic E-state index is 0.180. The third-order valence-corrected chi connectivity index (χ3v) is 1.76. The van der Waals surface area contributed by atoms with E-state index in [0.717, 1.165) is 19.5 Å². The summed E-state index contributed by atoms with van der Waals surface area (Å²) >= 11 is 0. The number of amides is 3. The number of nitrogens with one attached hydrogen (secondary N) is 1. The first-order chi connectivity index (χ1) is 6.60. The lowest BCUT2D eigenvalue weighted by molar-refractivity contribution is -0.121. The summed E-state index contributed by atoms with van der Waals surface area (Å²) in [4.78, 5) is 23.3. The Bertz CT molecular complexity index is 196. The van der Waals surface area contributed by atoms with Crippen LogP contribution in [0.15, 0.2) is 0 Å². The van der Waals surface area contributed by atoms with Gasteiger partial charge in [0.15, 0.2) is 0 Å². The van der Waals surface area contributed by atoms with Gasteiger partial charge in [0.05, 0.1) is 6.54 Å². The van der Waals surface area contributed by atoms with Crippen LogP contribution in [0.5, 0.6) is 0 Å². The van der Waals surface area contributed by atoms with Gasteiger partial charge in [-0.2, -0.15) is 0 Å². The summed E-state index contributed by atoms with van der Waals surface area (Å²) in [5.41, 5.74) is 10.1. The van der Waals surface area contributed by atoms with E-state index in [1.165, 1.54) is 0 Å². The van der Waals surface area contributed by atoms with Crippen LogP contribution in [0.1, 0.15) is 13.3 Å². The second kappa shape index (κ2) is 7.28. The highest BCUT2D eigenvalue weighted by molar-refractivity contribution is 5.94. The molecule has 0 saturated heterocycles. The first-order valence-corrected chi connectivity index (χ1v) is 4.61. The third kappa shape index (κ3) is 6.38. The van der Waals surface area contributed by atoms with E-state index in [1.807, 2.05) is 17.1 Å². The molecular formula is C8H18N4O2. The van der Waals surface area contributed by atoms with Gasteiger partial charge in [-0.1, -0.05) is 6.92 Å². The summed E-state index contributed by atoms with van der Waals surface area (Å²) in [5, 5.41) is 2.01. The van der Waals surface area contributed by atoms with Crippen molar-refractivity contribution in [1.82, 2.24) is 10.2 Å². The lowest BCUT2D eigenvalue weighted by Gasteiger charge is -2.18. The zero-order valence-corrected chi connectivity index (χ0v) is 8.45. The lowest BCUT2D eigenvalue weighted by Crippen LogP contribution is -2.42. The van der Waals surface area contributed by atoms with Gasteiger partial charge >= 0.3 is 6.03 Å². The summed E-state index contributed by atoms with van der Waals surface area (Å²) in [5.74, 6) is -0.378. The molecule has 0 spiro atoms. The molecule has 6 heteroatoms. The van der Waals surface area contributed by atoms with Crippen molar-refractivity contribution in [2.24, 2.45) is 11.5 Å². The van der Waals surface area contributed by atoms with Crippen LogP contribution in [0.25, 0.3) is 0 Å². The van der Waals surface area contributed by atoms with E-state index in [9.17, 15) is 9.59 Å². The summed E-state index contributed by atoms with van der Waals surface area (Å²) < 4.78 is 0. The van der Waals surface area contributed by atoms with Crippen molar-refractivity contribution in [2.45, 2.75) is 13.3 Å². The zero-order chi connectivity index (χ0) is 11.0. The largest absolute Gasteiger partial charge is 0.351 e. The standard InChI is InChI=1S/C8H18N4O2/c1-2-12(5-3-4-9)6-7(13)11-8(10)14/h2-6,9H2,1H3,(H3,10,11,13,14). The Morgan fingerprint density at radius 3 is 2.50 bits per heavy atom. The number of rotatable bonds is 6. The van der Waals surface area contributed by atoms with Gasteiger partial charge in [-0.05, 0) is 26.1 Å². The number of likely N-dealkylation sites (N-methyl/N-ethyl adjacent to an activating group) is 1. The van der Waals surface area contributed by atoms with Gasteiger partial charge in [0.25, 0.3) is 0 Å². The molecule has 0 atom stereocenters. The molecule has 0 bridgehead atoms. The van der Waals surface area contributed by atoms with Crippen molar-refractivity contribution in [3.8, 4) is 0 Å². The number of carbonyl (C=O) groups is 2. The summed E-state index contributed by atoms with van der Waals surface area (Å²) in [6, 6.07) is -0.815. The molecule has 3 amide bonds. The van der Waals surface area contributed by atoms with Crippen molar-refractivity contribution in [3.63, 3.8) is 0 Å². The van der Waals surface area contributed by atoms with Crippen molar-refractivity contribution < 1.29 is 9.59 Å². The monoisotopic (exact) mass is 202 g/mol. The van der Waals surface area contributed by atoms with Gasteiger partial charge < -0.3 is 11.5 Å². The minimum atomic E-state index is -0.815. The number of urea groups is 1. The van der Waals surface area contributed by atoms with E-state index in [1.54, 1.807) is 0 Å². The Kier molecular flexibility index (Phi) is 6.69. The number of primary amides is 1. The number of hydrogen-bond acceptors (Lipinski definition) is 4. The fourth-order valence-corrected chi connectivity index (χ4v) is 1.04. The Balaban J connectivity index is 3.79. The maximum Gasteiger partial charge on any atom is 0.318 e. The van der Waals surface area contributed by atoms with Crippen molar-refractivity contribution >= 4 is 11.9 Å². The maximum atomic E-state index is 11.1. The zero-order valence-electron chi connectivity index (χ0n) is 8.45. The van der Waals surface area contributed by atoms with Crippen LogP contribution in [0.2, 0.25) is 0 Å². The van der Waals surface area contributed by atoms with Gasteiger partial charge in [-0.25, -0.2) is 4.79 Å². The van der Waals surface area contributed by atoms with E-state index in [0.29, 0.717) is 6.54 Å². The highest BCUT2D eigenvalue weighted by Gasteiger charge is 2.09. The summed E-state index contributed by atoms with van der Waals surface area (Å²) in [6.07, 6.45) is 0.831. The molecule has 0 unspecified atom stereocenters. The number of nitrogens with two attached hydrogens (primary N) is 2. The molecule has 0 aromatic rings. The second-order valence-electron chi connectivity index (χ2n) is 2.92. The Morgan fingerprint density at radius 2 is 2.07 bits per heavy atom. The van der Waals surface area contributed by atoms with Crippen LogP contribution in [-0.2, 0) is 4.79 Å². The molecule has 14 heavy (non-hydrogen) atoms. The molecule has 0 rings (SSSR count). The maximum absolute atomic E-state index is 11.1. The molecule has 0 fully saturated rings. The van der Waals surface area contributed by atoms with Gasteiger partial charge in [-0.3, -0.25) is 15.0 Å². The first-order valence-electron chi connectivity index (χ1n) is 4.61. The average molecular weight is 202 g/mol. The fourth-order valence-electron chi connectivity index (χ4n) is 1.04. The lowest BCUT2D eigenvalue weighted by atomic mass is 10.3. The van der Waals surface area contributed by atoms with Crippen LogP contribution >= 0.6 is 0 Å². The number of hydrogen-bond donors (Lipinski definition) is 3. The van der Waals surface area contributed by atoms with Crippen molar-refractivity contribution in [1.29, 1.82) is 0 Å². The van der Waals surface area contributed by atoms with Crippen LogP contribution in [0.3, 0.4) is 0 Å². The highest BCUT2D eigenvalue weighted by Crippen LogP contribution is 1.89. The molecule has 0 aliphatic heterocycles. The van der Waals surface area contributed by atoms with Crippen LogP contribution in [-0.4, -0.2) is 43.0 Å². The summed E-state index contributed by atoms with van der Waals surface area (Å²) in [6.45, 7) is 4.20. The molecule has 0 aromatic carbocycles. The predicted molar refractivity (Wildman–Crippen MR) is 53.5 cm³/mol. The van der Waals surface area contributed by atoms with Crippen molar-refractivity contribution in [3.05, 3.63) is 0 Å². The van der Waals surface area contributed by atoms with Crippen LogP contribution in [0, 0.1) is 0 Å². The molecule has 0 heterocycles. The molecule has 6 nitrogen and oxygen atoms in total. The molecule has 82 valence electrons. The highest BCUT2D eigenvalue weighted by atomic mass is 16.2. The van der Waals surface area contributed by atoms with Crippen LogP contribution < -0.4 is 16.8 Å². The fraction of sp³-hybridized carbons (Fsp3) is 0.750. The molecule has 0 aliphatic rings. The SMILES string of the molecule is CCN(CCCN)CC(=O)NC(N)=O. The van der Waals surface area contributed by atoms with Gasteiger partial charge in [-0.15, -0.1) is 0 Å². The van der Waals surface area contributed by atoms with Gasteiger partial charge in [0.1, 0.15) is 0 Å². The van der Waals surface area contributed by atoms with E-state index in [2.05, 4.69) is 0 Å². The van der Waals surface area contributed by atoms with Gasteiger partial charge in [0.2, 0.25) is 5.91 Å². The molecule has 0 aliphatic carbocycles. The molecule has 0 saturated carbocycles. The first kappa shape index (κ1) is 12.9. The molecule has 0 aromatic heterocycles. The van der Waals surface area contributed by atoms with E-state index < -0.39 is 6.03 Å². The Labute approximate surface area is 83.6 Å². The number of nitrogens with zero attached hydrogens (tertiary/aromatic N) is 1. The normalized spacial score (nSPS) is 10.2. The van der Waals surface area contributed by atoms with Crippen LogP contribution in [0.4, 0.5) is 4.79 Å². The van der Waals surface area contributed by atoms with E-state index >= 15 is 0 Å². The van der Waals surface area contributed by atoms with Gasteiger partial charge in [0, 0.05) is 0 Å². The molecule has 0 radical (unpaired) electrons. The number of imide groups is 1. The predicted octanol–water partition coefficient (Wildman–Crippen LogP) is -1.15. The molecule has 5 N–H and O–H groups in total.